The maximum absolute atomic E-state index is 10.7. The molecule has 0 saturated heterocycles. The lowest BCUT2D eigenvalue weighted by Crippen LogP contribution is -2.01. The van der Waals surface area contributed by atoms with E-state index in [2.05, 4.69) is 11.9 Å². The summed E-state index contributed by atoms with van der Waals surface area (Å²) in [7, 11) is 0. The van der Waals surface area contributed by atoms with Crippen molar-refractivity contribution in [3.05, 3.63) is 23.4 Å². The van der Waals surface area contributed by atoms with Crippen LogP contribution in [0.25, 0.3) is 0 Å². The molecule has 0 unspecified atom stereocenters. The van der Waals surface area contributed by atoms with E-state index in [4.69, 9.17) is 5.11 Å². The standard InChI is InChI=1S/C11H15NO2S/c1-3-4-7-15-10-6-5-9(11(13)14)8(2)12-10/h5-6H,3-4,7H2,1-2H3,(H,13,14). The second kappa shape index (κ2) is 5.75. The van der Waals surface area contributed by atoms with Crippen LogP contribution in [0.15, 0.2) is 17.2 Å². The Labute approximate surface area is 93.9 Å². The van der Waals surface area contributed by atoms with Crippen molar-refractivity contribution in [2.24, 2.45) is 0 Å². The Morgan fingerprint density at radius 1 is 1.53 bits per heavy atom. The topological polar surface area (TPSA) is 50.2 Å². The Hall–Kier alpha value is -1.03. The van der Waals surface area contributed by atoms with Crippen LogP contribution >= 0.6 is 11.8 Å². The summed E-state index contributed by atoms with van der Waals surface area (Å²) in [6, 6.07) is 3.40. The predicted octanol–water partition coefficient (Wildman–Crippen LogP) is 2.98. The van der Waals surface area contributed by atoms with Crippen molar-refractivity contribution in [3.63, 3.8) is 0 Å². The van der Waals surface area contributed by atoms with Gasteiger partial charge in [-0.05, 0) is 31.2 Å². The highest BCUT2D eigenvalue weighted by molar-refractivity contribution is 7.99. The van der Waals surface area contributed by atoms with E-state index in [-0.39, 0.29) is 5.56 Å². The van der Waals surface area contributed by atoms with Crippen molar-refractivity contribution in [1.29, 1.82) is 0 Å². The lowest BCUT2D eigenvalue weighted by atomic mass is 10.2. The van der Waals surface area contributed by atoms with E-state index in [1.807, 2.05) is 0 Å². The molecule has 1 aromatic heterocycles. The quantitative estimate of drug-likeness (QED) is 0.618. The third kappa shape index (κ3) is 3.55. The Kier molecular flexibility index (Phi) is 4.62. The third-order valence-corrected chi connectivity index (χ3v) is 3.05. The first-order chi connectivity index (χ1) is 7.15. The van der Waals surface area contributed by atoms with Gasteiger partial charge in [0.2, 0.25) is 0 Å². The first-order valence-corrected chi connectivity index (χ1v) is 5.97. The van der Waals surface area contributed by atoms with Crippen molar-refractivity contribution in [3.8, 4) is 0 Å². The van der Waals surface area contributed by atoms with Gasteiger partial charge in [0.25, 0.3) is 0 Å². The molecular formula is C11H15NO2S. The van der Waals surface area contributed by atoms with Crippen molar-refractivity contribution in [2.45, 2.75) is 31.7 Å². The molecule has 0 aliphatic heterocycles. The molecule has 1 N–H and O–H groups in total. The zero-order chi connectivity index (χ0) is 11.3. The summed E-state index contributed by atoms with van der Waals surface area (Å²) in [5, 5.41) is 9.73. The van der Waals surface area contributed by atoms with Gasteiger partial charge in [0.05, 0.1) is 16.3 Å². The second-order valence-electron chi connectivity index (χ2n) is 3.29. The van der Waals surface area contributed by atoms with E-state index in [1.54, 1.807) is 30.8 Å². The number of pyridine rings is 1. The van der Waals surface area contributed by atoms with Crippen LogP contribution in [-0.2, 0) is 0 Å². The molecule has 0 fully saturated rings. The number of aryl methyl sites for hydroxylation is 1. The molecule has 0 bridgehead atoms. The molecule has 1 heterocycles. The molecule has 0 amide bonds. The van der Waals surface area contributed by atoms with Gasteiger partial charge in [-0.25, -0.2) is 9.78 Å². The smallest absolute Gasteiger partial charge is 0.337 e. The van der Waals surface area contributed by atoms with Gasteiger partial charge in [-0.3, -0.25) is 0 Å². The lowest BCUT2D eigenvalue weighted by Gasteiger charge is -2.03. The fourth-order valence-electron chi connectivity index (χ4n) is 1.17. The molecule has 0 saturated carbocycles. The van der Waals surface area contributed by atoms with E-state index < -0.39 is 5.97 Å². The van der Waals surface area contributed by atoms with Crippen LogP contribution in [0.3, 0.4) is 0 Å². The maximum Gasteiger partial charge on any atom is 0.337 e. The number of unbranched alkanes of at least 4 members (excludes halogenated alkanes) is 1. The number of rotatable bonds is 5. The Morgan fingerprint density at radius 3 is 2.80 bits per heavy atom. The summed E-state index contributed by atoms with van der Waals surface area (Å²) < 4.78 is 0. The summed E-state index contributed by atoms with van der Waals surface area (Å²) in [6.45, 7) is 3.88. The van der Waals surface area contributed by atoms with E-state index in [9.17, 15) is 4.79 Å². The number of carboxylic acids is 1. The summed E-state index contributed by atoms with van der Waals surface area (Å²) in [4.78, 5) is 15.0. The van der Waals surface area contributed by atoms with Crippen LogP contribution in [0, 0.1) is 6.92 Å². The lowest BCUT2D eigenvalue weighted by molar-refractivity contribution is 0.0695. The van der Waals surface area contributed by atoms with Gasteiger partial charge in [0, 0.05) is 0 Å². The number of carbonyl (C=O) groups is 1. The molecule has 0 aliphatic rings. The third-order valence-electron chi connectivity index (χ3n) is 2.04. The Balaban J connectivity index is 2.69. The molecule has 0 spiro atoms. The van der Waals surface area contributed by atoms with E-state index in [1.165, 1.54) is 6.42 Å². The van der Waals surface area contributed by atoms with Crippen LogP contribution < -0.4 is 0 Å². The normalized spacial score (nSPS) is 10.3. The number of aromatic carboxylic acids is 1. The Bertz CT molecular complexity index is 352. The average molecular weight is 225 g/mol. The van der Waals surface area contributed by atoms with Gasteiger partial charge in [-0.1, -0.05) is 13.3 Å². The van der Waals surface area contributed by atoms with Crippen LogP contribution in [0.5, 0.6) is 0 Å². The minimum absolute atomic E-state index is 0.287. The highest BCUT2D eigenvalue weighted by Gasteiger charge is 2.08. The summed E-state index contributed by atoms with van der Waals surface area (Å²) in [5.74, 6) is 0.125. The second-order valence-corrected chi connectivity index (χ2v) is 4.40. The van der Waals surface area contributed by atoms with E-state index in [0.717, 1.165) is 17.2 Å². The van der Waals surface area contributed by atoms with Crippen molar-refractivity contribution in [1.82, 2.24) is 4.98 Å². The number of hydrogen-bond donors (Lipinski definition) is 1. The zero-order valence-corrected chi connectivity index (χ0v) is 9.80. The van der Waals surface area contributed by atoms with Crippen molar-refractivity contribution >= 4 is 17.7 Å². The molecule has 82 valence electrons. The first-order valence-electron chi connectivity index (χ1n) is 4.99. The van der Waals surface area contributed by atoms with Crippen LogP contribution in [0.1, 0.15) is 35.8 Å². The molecule has 15 heavy (non-hydrogen) atoms. The van der Waals surface area contributed by atoms with E-state index >= 15 is 0 Å². The minimum atomic E-state index is -0.912. The maximum atomic E-state index is 10.7. The van der Waals surface area contributed by atoms with Gasteiger partial charge in [0.1, 0.15) is 0 Å². The molecule has 0 atom stereocenters. The molecule has 1 rings (SSSR count). The molecule has 0 aromatic carbocycles. The van der Waals surface area contributed by atoms with Crippen LogP contribution in [0.4, 0.5) is 0 Å². The summed E-state index contributed by atoms with van der Waals surface area (Å²) >= 11 is 1.68. The number of aromatic nitrogens is 1. The molecule has 3 nitrogen and oxygen atoms in total. The van der Waals surface area contributed by atoms with Crippen molar-refractivity contribution in [2.75, 3.05) is 5.75 Å². The monoisotopic (exact) mass is 225 g/mol. The molecule has 1 aromatic rings. The van der Waals surface area contributed by atoms with Gasteiger partial charge in [-0.15, -0.1) is 11.8 Å². The Morgan fingerprint density at radius 2 is 2.27 bits per heavy atom. The predicted molar refractivity (Wildman–Crippen MR) is 61.6 cm³/mol. The number of nitrogens with zero attached hydrogens (tertiary/aromatic N) is 1. The molecular weight excluding hydrogens is 210 g/mol. The molecule has 0 aliphatic carbocycles. The van der Waals surface area contributed by atoms with Crippen LogP contribution in [0.2, 0.25) is 0 Å². The zero-order valence-electron chi connectivity index (χ0n) is 8.99. The van der Waals surface area contributed by atoms with Gasteiger partial charge in [0.15, 0.2) is 0 Å². The summed E-state index contributed by atoms with van der Waals surface area (Å²) in [5.41, 5.74) is 0.874. The number of hydrogen-bond acceptors (Lipinski definition) is 3. The highest BCUT2D eigenvalue weighted by atomic mass is 32.2. The first kappa shape index (κ1) is 12.0. The largest absolute Gasteiger partial charge is 0.478 e. The SMILES string of the molecule is CCCCSc1ccc(C(=O)O)c(C)n1. The van der Waals surface area contributed by atoms with Crippen molar-refractivity contribution < 1.29 is 9.90 Å². The summed E-state index contributed by atoms with van der Waals surface area (Å²) in [6.07, 6.45) is 2.32. The van der Waals surface area contributed by atoms with Gasteiger partial charge in [-0.2, -0.15) is 0 Å². The number of thioether (sulfide) groups is 1. The fraction of sp³-hybridized carbons (Fsp3) is 0.455. The van der Waals surface area contributed by atoms with Crippen LogP contribution in [-0.4, -0.2) is 21.8 Å². The number of carboxylic acid groups (broad SMARTS) is 1. The molecule has 4 heteroatoms. The van der Waals surface area contributed by atoms with E-state index in [0.29, 0.717) is 5.69 Å². The highest BCUT2D eigenvalue weighted by Crippen LogP contribution is 2.18. The minimum Gasteiger partial charge on any atom is -0.478 e. The van der Waals surface area contributed by atoms with Gasteiger partial charge < -0.3 is 5.11 Å². The molecule has 0 radical (unpaired) electrons. The average Bonchev–Trinajstić information content (AvgIpc) is 2.17. The fourth-order valence-corrected chi connectivity index (χ4v) is 2.17. The van der Waals surface area contributed by atoms with Gasteiger partial charge >= 0.3 is 5.97 Å².